The molecule has 0 N–H and O–H groups in total. The summed E-state index contributed by atoms with van der Waals surface area (Å²) in [5.74, 6) is 0. The van der Waals surface area contributed by atoms with Crippen LogP contribution in [0, 0.1) is 13.8 Å². The molecule has 0 saturated carbocycles. The van der Waals surface area contributed by atoms with Crippen molar-refractivity contribution in [3.8, 4) is 0 Å². The average Bonchev–Trinajstić information content (AvgIpc) is 2.06. The molecular formula is C12H16BrCl. The molecule has 0 aliphatic heterocycles. The Kier molecular flexibility index (Phi) is 3.33. The summed E-state index contributed by atoms with van der Waals surface area (Å²) >= 11 is 9.87. The normalized spacial score (nSPS) is 11.9. The minimum atomic E-state index is 0.104. The van der Waals surface area contributed by atoms with E-state index in [2.05, 4.69) is 56.6 Å². The van der Waals surface area contributed by atoms with Crippen molar-refractivity contribution in [2.75, 3.05) is 0 Å². The molecule has 0 unspecified atom stereocenters. The zero-order chi connectivity index (χ0) is 11.1. The van der Waals surface area contributed by atoms with Crippen LogP contribution >= 0.6 is 27.5 Å². The van der Waals surface area contributed by atoms with Crippen molar-refractivity contribution in [3.05, 3.63) is 32.3 Å². The molecule has 0 aliphatic rings. The third-order valence-electron chi connectivity index (χ3n) is 2.41. The van der Waals surface area contributed by atoms with Crippen LogP contribution in [0.2, 0.25) is 5.02 Å². The first kappa shape index (κ1) is 12.1. The molecule has 1 aromatic rings. The lowest BCUT2D eigenvalue weighted by Gasteiger charge is -2.23. The maximum Gasteiger partial charge on any atom is 0.0483 e. The second-order valence-electron chi connectivity index (χ2n) is 4.74. The summed E-state index contributed by atoms with van der Waals surface area (Å²) in [5, 5.41) is 0.884. The van der Waals surface area contributed by atoms with E-state index in [-0.39, 0.29) is 5.41 Å². The highest BCUT2D eigenvalue weighted by molar-refractivity contribution is 9.10. The number of benzene rings is 1. The van der Waals surface area contributed by atoms with E-state index >= 15 is 0 Å². The number of hydrogen-bond acceptors (Lipinski definition) is 0. The Morgan fingerprint density at radius 2 is 1.71 bits per heavy atom. The van der Waals surface area contributed by atoms with Gasteiger partial charge in [0.05, 0.1) is 0 Å². The number of rotatable bonds is 0. The summed E-state index contributed by atoms with van der Waals surface area (Å²) in [4.78, 5) is 0. The van der Waals surface area contributed by atoms with E-state index < -0.39 is 0 Å². The molecule has 0 bridgehead atoms. The van der Waals surface area contributed by atoms with Gasteiger partial charge in [-0.1, -0.05) is 54.4 Å². The maximum atomic E-state index is 6.33. The van der Waals surface area contributed by atoms with Gasteiger partial charge < -0.3 is 0 Å². The molecule has 1 aromatic carbocycles. The molecule has 0 heterocycles. The molecule has 0 aliphatic carbocycles. The van der Waals surface area contributed by atoms with E-state index in [9.17, 15) is 0 Å². The minimum absolute atomic E-state index is 0.104. The van der Waals surface area contributed by atoms with Crippen molar-refractivity contribution >= 4 is 27.5 Å². The molecule has 2 heteroatoms. The van der Waals surface area contributed by atoms with E-state index in [0.717, 1.165) is 15.1 Å². The molecule has 0 radical (unpaired) electrons. The third kappa shape index (κ3) is 2.14. The zero-order valence-electron chi connectivity index (χ0n) is 9.33. The molecule has 0 saturated heterocycles. The Bertz CT molecular complexity index is 362. The average molecular weight is 276 g/mol. The van der Waals surface area contributed by atoms with Crippen molar-refractivity contribution in [1.29, 1.82) is 0 Å². The fourth-order valence-electron chi connectivity index (χ4n) is 1.48. The van der Waals surface area contributed by atoms with Crippen molar-refractivity contribution < 1.29 is 0 Å². The van der Waals surface area contributed by atoms with Crippen LogP contribution in [0.1, 0.15) is 37.5 Å². The van der Waals surface area contributed by atoms with E-state index in [1.807, 2.05) is 0 Å². The van der Waals surface area contributed by atoms with Crippen LogP contribution in [-0.4, -0.2) is 0 Å². The predicted molar refractivity (Wildman–Crippen MR) is 67.3 cm³/mol. The molecule has 0 nitrogen and oxygen atoms in total. The van der Waals surface area contributed by atoms with E-state index in [4.69, 9.17) is 11.6 Å². The standard InChI is InChI=1S/C12H16BrCl/c1-7-6-9(12(3,4)5)11(14)8(2)10(7)13/h6H,1-5H3. The molecule has 0 fully saturated rings. The van der Waals surface area contributed by atoms with Gasteiger partial charge in [-0.3, -0.25) is 0 Å². The van der Waals surface area contributed by atoms with Gasteiger partial charge >= 0.3 is 0 Å². The summed E-state index contributed by atoms with van der Waals surface area (Å²) in [6, 6.07) is 2.17. The number of hydrogen-bond donors (Lipinski definition) is 0. The smallest absolute Gasteiger partial charge is 0.0483 e. The predicted octanol–water partition coefficient (Wildman–Crippen LogP) is 5.02. The monoisotopic (exact) mass is 274 g/mol. The van der Waals surface area contributed by atoms with Gasteiger partial charge in [-0.15, -0.1) is 0 Å². The third-order valence-corrected chi connectivity index (χ3v) is 4.12. The molecule has 78 valence electrons. The van der Waals surface area contributed by atoms with E-state index in [1.165, 1.54) is 11.1 Å². The second kappa shape index (κ2) is 3.86. The first-order valence-corrected chi connectivity index (χ1v) is 5.88. The van der Waals surface area contributed by atoms with Gasteiger partial charge in [0, 0.05) is 9.50 Å². The van der Waals surface area contributed by atoms with Gasteiger partial charge in [-0.05, 0) is 36.0 Å². The maximum absolute atomic E-state index is 6.33. The fraction of sp³-hybridized carbons (Fsp3) is 0.500. The first-order valence-electron chi connectivity index (χ1n) is 4.71. The van der Waals surface area contributed by atoms with Crippen LogP contribution in [0.25, 0.3) is 0 Å². The highest BCUT2D eigenvalue weighted by Gasteiger charge is 2.20. The first-order chi connectivity index (χ1) is 6.25. The lowest BCUT2D eigenvalue weighted by Crippen LogP contribution is -2.13. The van der Waals surface area contributed by atoms with Crippen molar-refractivity contribution in [2.45, 2.75) is 40.0 Å². The largest absolute Gasteiger partial charge is 0.0837 e. The van der Waals surface area contributed by atoms with Crippen molar-refractivity contribution in [1.82, 2.24) is 0 Å². The lowest BCUT2D eigenvalue weighted by atomic mass is 9.85. The van der Waals surface area contributed by atoms with Crippen LogP contribution in [0.4, 0.5) is 0 Å². The zero-order valence-corrected chi connectivity index (χ0v) is 11.7. The summed E-state index contributed by atoms with van der Waals surface area (Å²) in [6.45, 7) is 10.7. The van der Waals surface area contributed by atoms with E-state index in [1.54, 1.807) is 0 Å². The van der Waals surface area contributed by atoms with Crippen LogP contribution in [0.15, 0.2) is 10.5 Å². The Morgan fingerprint density at radius 1 is 1.21 bits per heavy atom. The molecule has 0 amide bonds. The Hall–Kier alpha value is -0.0100. The molecule has 1 rings (SSSR count). The van der Waals surface area contributed by atoms with Crippen LogP contribution in [0.3, 0.4) is 0 Å². The molecule has 0 atom stereocenters. The summed E-state index contributed by atoms with van der Waals surface area (Å²) in [6.07, 6.45) is 0. The lowest BCUT2D eigenvalue weighted by molar-refractivity contribution is 0.589. The van der Waals surface area contributed by atoms with Crippen molar-refractivity contribution in [3.63, 3.8) is 0 Å². The van der Waals surface area contributed by atoms with Gasteiger partial charge in [0.25, 0.3) is 0 Å². The highest BCUT2D eigenvalue weighted by Crippen LogP contribution is 2.36. The fourth-order valence-corrected chi connectivity index (χ4v) is 2.34. The minimum Gasteiger partial charge on any atom is -0.0837 e. The van der Waals surface area contributed by atoms with Crippen LogP contribution < -0.4 is 0 Å². The molecule has 0 spiro atoms. The van der Waals surface area contributed by atoms with Crippen LogP contribution in [0.5, 0.6) is 0 Å². The van der Waals surface area contributed by atoms with E-state index in [0.29, 0.717) is 0 Å². The van der Waals surface area contributed by atoms with Gasteiger partial charge in [0.1, 0.15) is 0 Å². The number of halogens is 2. The molecule has 14 heavy (non-hydrogen) atoms. The Morgan fingerprint density at radius 3 is 2.14 bits per heavy atom. The number of aryl methyl sites for hydroxylation is 1. The highest BCUT2D eigenvalue weighted by atomic mass is 79.9. The van der Waals surface area contributed by atoms with Crippen LogP contribution in [-0.2, 0) is 5.41 Å². The quantitative estimate of drug-likeness (QED) is 0.624. The molecular weight excluding hydrogens is 259 g/mol. The summed E-state index contributed by atoms with van der Waals surface area (Å²) in [7, 11) is 0. The molecule has 0 aromatic heterocycles. The van der Waals surface area contributed by atoms with Gasteiger partial charge in [-0.25, -0.2) is 0 Å². The van der Waals surface area contributed by atoms with Crippen molar-refractivity contribution in [2.24, 2.45) is 0 Å². The van der Waals surface area contributed by atoms with Gasteiger partial charge in [0.15, 0.2) is 0 Å². The van der Waals surface area contributed by atoms with Gasteiger partial charge in [0.2, 0.25) is 0 Å². The second-order valence-corrected chi connectivity index (χ2v) is 5.91. The SMILES string of the molecule is Cc1cc(C(C)(C)C)c(Cl)c(C)c1Br. The van der Waals surface area contributed by atoms with Gasteiger partial charge in [-0.2, -0.15) is 0 Å². The Balaban J connectivity index is 3.49. The topological polar surface area (TPSA) is 0 Å². The summed E-state index contributed by atoms with van der Waals surface area (Å²) in [5.41, 5.74) is 3.71. The Labute approximate surface area is 99.8 Å². The summed E-state index contributed by atoms with van der Waals surface area (Å²) < 4.78 is 1.12.